The van der Waals surface area contributed by atoms with Crippen LogP contribution in [0.3, 0.4) is 0 Å². The van der Waals surface area contributed by atoms with Crippen LogP contribution in [-0.2, 0) is 0 Å². The largest absolute Gasteiger partial charge is 0.432 e. The van der Waals surface area contributed by atoms with E-state index in [2.05, 4.69) is 20.8 Å². The fourth-order valence-corrected chi connectivity index (χ4v) is 1.91. The summed E-state index contributed by atoms with van der Waals surface area (Å²) < 4.78 is 0. The highest BCUT2D eigenvalue weighted by atomic mass is 28.4. The molecule has 0 aliphatic carbocycles. The third-order valence-corrected chi connectivity index (χ3v) is 6.62. The first-order valence-corrected chi connectivity index (χ1v) is 7.98. The molecular formula is C10H24OSi. The maximum atomic E-state index is 9.98. The number of rotatable bonds is 5. The Morgan fingerprint density at radius 3 is 2.00 bits per heavy atom. The summed E-state index contributed by atoms with van der Waals surface area (Å²) >= 11 is 0. The van der Waals surface area contributed by atoms with Gasteiger partial charge in [0.05, 0.1) is 0 Å². The second-order valence-corrected chi connectivity index (χ2v) is 9.37. The molecule has 0 aromatic heterocycles. The van der Waals surface area contributed by atoms with Crippen LogP contribution in [0.1, 0.15) is 46.5 Å². The zero-order valence-electron chi connectivity index (χ0n) is 9.28. The Hall–Kier alpha value is 0.177. The molecule has 12 heavy (non-hydrogen) atoms. The van der Waals surface area contributed by atoms with E-state index in [0.29, 0.717) is 0 Å². The fraction of sp³-hybridized carbons (Fsp3) is 1.00. The van der Waals surface area contributed by atoms with Crippen molar-refractivity contribution in [1.29, 1.82) is 0 Å². The van der Waals surface area contributed by atoms with E-state index >= 15 is 0 Å². The van der Waals surface area contributed by atoms with Gasteiger partial charge in [0.25, 0.3) is 0 Å². The van der Waals surface area contributed by atoms with Crippen molar-refractivity contribution in [3.8, 4) is 0 Å². The van der Waals surface area contributed by atoms with Crippen molar-refractivity contribution in [2.75, 3.05) is 0 Å². The van der Waals surface area contributed by atoms with E-state index in [0.717, 1.165) is 0 Å². The van der Waals surface area contributed by atoms with Crippen molar-refractivity contribution in [1.82, 2.24) is 0 Å². The number of hydrogen-bond acceptors (Lipinski definition) is 1. The molecule has 0 unspecified atom stereocenters. The predicted octanol–water partition coefficient (Wildman–Crippen LogP) is 3.54. The number of unbranched alkanes of at least 4 members (excludes halogenated alkanes) is 2. The molecule has 0 atom stereocenters. The summed E-state index contributed by atoms with van der Waals surface area (Å²) in [6.45, 7) is 10.7. The molecule has 0 amide bonds. The van der Waals surface area contributed by atoms with Gasteiger partial charge in [0, 0.05) is 0 Å². The summed E-state index contributed by atoms with van der Waals surface area (Å²) in [4.78, 5) is 9.98. The van der Waals surface area contributed by atoms with Crippen LogP contribution >= 0.6 is 0 Å². The van der Waals surface area contributed by atoms with Crippen molar-refractivity contribution in [3.63, 3.8) is 0 Å². The zero-order chi connectivity index (χ0) is 9.83. The molecule has 0 aromatic carbocycles. The van der Waals surface area contributed by atoms with Crippen molar-refractivity contribution >= 4 is 8.32 Å². The molecule has 0 bridgehead atoms. The maximum absolute atomic E-state index is 9.98. The minimum Gasteiger partial charge on any atom is -0.432 e. The molecule has 0 spiro atoms. The van der Waals surface area contributed by atoms with Crippen molar-refractivity contribution in [2.45, 2.75) is 64.6 Å². The van der Waals surface area contributed by atoms with Crippen LogP contribution in [0, 0.1) is 0 Å². The van der Waals surface area contributed by atoms with E-state index in [1.807, 2.05) is 13.1 Å². The van der Waals surface area contributed by atoms with E-state index in [-0.39, 0.29) is 5.04 Å². The molecule has 0 aliphatic heterocycles. The van der Waals surface area contributed by atoms with Gasteiger partial charge in [-0.2, -0.15) is 0 Å². The lowest BCUT2D eigenvalue weighted by molar-refractivity contribution is 0.437. The minimum absolute atomic E-state index is 0.183. The van der Waals surface area contributed by atoms with Crippen LogP contribution in [0.5, 0.6) is 0 Å². The Bertz CT molecular complexity index is 124. The van der Waals surface area contributed by atoms with Gasteiger partial charge < -0.3 is 4.80 Å². The minimum atomic E-state index is -1.93. The normalized spacial score (nSPS) is 13.5. The number of hydrogen-bond donors (Lipinski definition) is 1. The first-order chi connectivity index (χ1) is 5.31. The molecule has 0 radical (unpaired) electrons. The van der Waals surface area contributed by atoms with Gasteiger partial charge in [-0.3, -0.25) is 0 Å². The molecule has 74 valence electrons. The molecule has 0 aliphatic rings. The average molecular weight is 188 g/mol. The van der Waals surface area contributed by atoms with Gasteiger partial charge >= 0.3 is 0 Å². The molecule has 1 N–H and O–H groups in total. The molecule has 0 fully saturated rings. The Morgan fingerprint density at radius 1 is 1.17 bits per heavy atom. The van der Waals surface area contributed by atoms with E-state index in [1.54, 1.807) is 0 Å². The van der Waals surface area contributed by atoms with Gasteiger partial charge in [0.1, 0.15) is 0 Å². The molecule has 0 saturated heterocycles. The van der Waals surface area contributed by atoms with Gasteiger partial charge in [-0.25, -0.2) is 0 Å². The lowest BCUT2D eigenvalue weighted by Gasteiger charge is -2.35. The molecular weight excluding hydrogens is 164 g/mol. The highest BCUT2D eigenvalue weighted by Gasteiger charge is 2.36. The smallest absolute Gasteiger partial charge is 0.188 e. The third kappa shape index (κ3) is 3.72. The fourth-order valence-electron chi connectivity index (χ4n) is 1.12. The average Bonchev–Trinajstić information content (AvgIpc) is 1.85. The third-order valence-electron chi connectivity index (χ3n) is 3.06. The predicted molar refractivity (Wildman–Crippen MR) is 57.9 cm³/mol. The SMILES string of the molecule is CCCCCC(C)(C)[Si](C)(C)O. The summed E-state index contributed by atoms with van der Waals surface area (Å²) in [6.07, 6.45) is 5.01. The highest BCUT2D eigenvalue weighted by Crippen LogP contribution is 2.40. The van der Waals surface area contributed by atoms with Crippen molar-refractivity contribution < 1.29 is 4.80 Å². The maximum Gasteiger partial charge on any atom is 0.188 e. The summed E-state index contributed by atoms with van der Waals surface area (Å²) in [7, 11) is -1.93. The second kappa shape index (κ2) is 4.42. The van der Waals surface area contributed by atoms with E-state index in [1.165, 1.54) is 25.7 Å². The lowest BCUT2D eigenvalue weighted by Crippen LogP contribution is -2.38. The van der Waals surface area contributed by atoms with Crippen LogP contribution in [0.15, 0.2) is 0 Å². The van der Waals surface area contributed by atoms with Gasteiger partial charge in [-0.05, 0) is 24.6 Å². The molecule has 0 saturated carbocycles. The van der Waals surface area contributed by atoms with Crippen molar-refractivity contribution in [3.05, 3.63) is 0 Å². The summed E-state index contributed by atoms with van der Waals surface area (Å²) in [5.74, 6) is 0. The summed E-state index contributed by atoms with van der Waals surface area (Å²) in [5, 5.41) is 0.183. The second-order valence-electron chi connectivity index (χ2n) is 4.90. The van der Waals surface area contributed by atoms with Crippen LogP contribution < -0.4 is 0 Å². The standard InChI is InChI=1S/C10H24OSi/c1-6-7-8-9-10(2,3)12(4,5)11/h11H,6-9H2,1-5H3. The van der Waals surface area contributed by atoms with Crippen LogP contribution in [-0.4, -0.2) is 13.1 Å². The van der Waals surface area contributed by atoms with Gasteiger partial charge in [0.2, 0.25) is 0 Å². The molecule has 0 aromatic rings. The lowest BCUT2D eigenvalue weighted by atomic mass is 10.0. The van der Waals surface area contributed by atoms with Crippen LogP contribution in [0.25, 0.3) is 0 Å². The Morgan fingerprint density at radius 2 is 1.67 bits per heavy atom. The van der Waals surface area contributed by atoms with Crippen molar-refractivity contribution in [2.24, 2.45) is 0 Å². The Labute approximate surface area is 78.3 Å². The molecule has 0 heterocycles. The Kier molecular flexibility index (Phi) is 4.49. The molecule has 0 rings (SSSR count). The van der Waals surface area contributed by atoms with E-state index in [9.17, 15) is 4.80 Å². The van der Waals surface area contributed by atoms with Crippen LogP contribution in [0.2, 0.25) is 18.1 Å². The van der Waals surface area contributed by atoms with E-state index in [4.69, 9.17) is 0 Å². The first-order valence-electron chi connectivity index (χ1n) is 5.03. The molecule has 2 heteroatoms. The summed E-state index contributed by atoms with van der Waals surface area (Å²) in [6, 6.07) is 0. The first kappa shape index (κ1) is 12.2. The highest BCUT2D eigenvalue weighted by molar-refractivity contribution is 6.72. The van der Waals surface area contributed by atoms with Gasteiger partial charge in [-0.1, -0.05) is 40.0 Å². The Balaban J connectivity index is 3.88. The van der Waals surface area contributed by atoms with Gasteiger partial charge in [-0.15, -0.1) is 0 Å². The van der Waals surface area contributed by atoms with Crippen LogP contribution in [0.4, 0.5) is 0 Å². The monoisotopic (exact) mass is 188 g/mol. The quantitative estimate of drug-likeness (QED) is 0.517. The van der Waals surface area contributed by atoms with E-state index < -0.39 is 8.32 Å². The zero-order valence-corrected chi connectivity index (χ0v) is 10.3. The topological polar surface area (TPSA) is 20.2 Å². The molecule has 1 nitrogen and oxygen atoms in total. The summed E-state index contributed by atoms with van der Waals surface area (Å²) in [5.41, 5.74) is 0. The van der Waals surface area contributed by atoms with Gasteiger partial charge in [0.15, 0.2) is 8.32 Å².